The monoisotopic (exact) mass is 626 g/mol. The molecule has 0 unspecified atom stereocenters. The Morgan fingerprint density at radius 1 is 0.312 bits per heavy atom. The summed E-state index contributed by atoms with van der Waals surface area (Å²) < 4.78 is 0. The molecule has 1 heteroatoms. The minimum absolute atomic E-state index is 0.122. The lowest BCUT2D eigenvalue weighted by Gasteiger charge is -2.31. The molecule has 224 valence electrons. The van der Waals surface area contributed by atoms with Crippen LogP contribution in [0.4, 0.5) is 0 Å². The van der Waals surface area contributed by atoms with E-state index in [1.807, 2.05) is 11.8 Å². The first-order valence-corrected chi connectivity index (χ1v) is 17.5. The van der Waals surface area contributed by atoms with E-state index in [0.717, 1.165) is 0 Å². The van der Waals surface area contributed by atoms with E-state index >= 15 is 0 Å². The van der Waals surface area contributed by atoms with Crippen LogP contribution in [0.15, 0.2) is 186 Å². The summed E-state index contributed by atoms with van der Waals surface area (Å²) in [5, 5.41) is 10.4. The Kier molecular flexibility index (Phi) is 6.28. The predicted octanol–water partition coefficient (Wildman–Crippen LogP) is 13.3. The second kappa shape index (κ2) is 11.0. The molecule has 0 spiro atoms. The maximum Gasteiger partial charge on any atom is 0.0374 e. The van der Waals surface area contributed by atoms with E-state index in [-0.39, 0.29) is 5.92 Å². The molecule has 9 aromatic rings. The topological polar surface area (TPSA) is 0 Å². The molecular weight excluding hydrogens is 597 g/mol. The lowest BCUT2D eigenvalue weighted by atomic mass is 9.79. The Bertz CT molecular complexity index is 2540. The summed E-state index contributed by atoms with van der Waals surface area (Å²) in [7, 11) is 0. The number of hydrogen-bond donors (Lipinski definition) is 0. The third kappa shape index (κ3) is 4.18. The average Bonchev–Trinajstić information content (AvgIpc) is 3.16. The van der Waals surface area contributed by atoms with Crippen LogP contribution in [0.2, 0.25) is 0 Å². The second-order valence-corrected chi connectivity index (χ2v) is 13.8. The minimum atomic E-state index is 0.122. The molecule has 1 aliphatic heterocycles. The van der Waals surface area contributed by atoms with Crippen LogP contribution in [0.1, 0.15) is 22.6 Å². The zero-order chi connectivity index (χ0) is 31.6. The largest absolute Gasteiger partial charge is 0.0894 e. The molecule has 0 N–H and O–H groups in total. The number of benzene rings is 9. The highest BCUT2D eigenvalue weighted by molar-refractivity contribution is 7.99. The van der Waals surface area contributed by atoms with Gasteiger partial charge in [0.1, 0.15) is 0 Å². The molecular formula is C47H30S. The SMILES string of the molecule is c1ccc(-c2c3ccccc3c(-c3ccc(C4c5c(ccc6ccccc56)Sc5ccc6ccccc6c54)cc3)c3ccccc23)cc1. The van der Waals surface area contributed by atoms with Crippen molar-refractivity contribution in [3.05, 3.63) is 193 Å². The minimum Gasteiger partial charge on any atom is -0.0894 e. The van der Waals surface area contributed by atoms with Crippen molar-refractivity contribution in [3.8, 4) is 22.3 Å². The van der Waals surface area contributed by atoms with Gasteiger partial charge in [0.2, 0.25) is 0 Å². The summed E-state index contributed by atoms with van der Waals surface area (Å²) in [4.78, 5) is 2.69. The number of fused-ring (bicyclic) bond motifs is 8. The van der Waals surface area contributed by atoms with Crippen LogP contribution < -0.4 is 0 Å². The second-order valence-electron chi connectivity index (χ2n) is 12.8. The van der Waals surface area contributed by atoms with Crippen molar-refractivity contribution in [3.63, 3.8) is 0 Å². The Labute approximate surface area is 284 Å². The Hall–Kier alpha value is -5.63. The summed E-state index contributed by atoms with van der Waals surface area (Å²) in [6.45, 7) is 0. The fraction of sp³-hybridized carbons (Fsp3) is 0.0213. The zero-order valence-corrected chi connectivity index (χ0v) is 27.0. The van der Waals surface area contributed by atoms with E-state index in [2.05, 4.69) is 176 Å². The lowest BCUT2D eigenvalue weighted by Crippen LogP contribution is -2.11. The molecule has 0 aromatic heterocycles. The van der Waals surface area contributed by atoms with Gasteiger partial charge in [0.15, 0.2) is 0 Å². The van der Waals surface area contributed by atoms with E-state index in [4.69, 9.17) is 0 Å². The van der Waals surface area contributed by atoms with Crippen LogP contribution in [0.25, 0.3) is 65.3 Å². The molecule has 9 aromatic carbocycles. The van der Waals surface area contributed by atoms with Crippen LogP contribution in [-0.2, 0) is 0 Å². The van der Waals surface area contributed by atoms with E-state index < -0.39 is 0 Å². The van der Waals surface area contributed by atoms with Crippen molar-refractivity contribution in [2.24, 2.45) is 0 Å². The van der Waals surface area contributed by atoms with Crippen molar-refractivity contribution >= 4 is 54.9 Å². The summed E-state index contributed by atoms with van der Waals surface area (Å²) >= 11 is 1.91. The molecule has 0 atom stereocenters. The van der Waals surface area contributed by atoms with Gasteiger partial charge in [0.25, 0.3) is 0 Å². The van der Waals surface area contributed by atoms with Gasteiger partial charge in [-0.3, -0.25) is 0 Å². The Morgan fingerprint density at radius 3 is 1.19 bits per heavy atom. The molecule has 0 saturated carbocycles. The molecule has 48 heavy (non-hydrogen) atoms. The van der Waals surface area contributed by atoms with Crippen LogP contribution in [0.3, 0.4) is 0 Å². The fourth-order valence-electron chi connectivity index (χ4n) is 8.12. The van der Waals surface area contributed by atoms with Crippen LogP contribution >= 0.6 is 11.8 Å². The van der Waals surface area contributed by atoms with E-state index in [1.54, 1.807) is 0 Å². The molecule has 0 saturated heterocycles. The summed E-state index contributed by atoms with van der Waals surface area (Å²) in [5.74, 6) is 0.122. The van der Waals surface area contributed by atoms with E-state index in [1.165, 1.54) is 91.8 Å². The Balaban J connectivity index is 1.22. The molecule has 0 nitrogen and oxygen atoms in total. The quantitative estimate of drug-likeness (QED) is 0.176. The first-order valence-electron chi connectivity index (χ1n) is 16.6. The normalized spacial score (nSPS) is 12.8. The standard InChI is InChI=1S/C47H30S/c1-2-14-32(15-3-1)43-37-18-8-10-20-39(37)44(40-21-11-9-19-38(40)43)33-22-24-34(25-23-33)45-46-35-16-6-4-12-30(35)26-28-41(46)48-42-29-27-31-13-5-7-17-36(31)47(42)45/h1-29,45H. The molecule has 1 heterocycles. The maximum atomic E-state index is 2.39. The van der Waals surface area contributed by atoms with Crippen molar-refractivity contribution in [2.45, 2.75) is 15.7 Å². The molecule has 0 amide bonds. The highest BCUT2D eigenvalue weighted by atomic mass is 32.2. The van der Waals surface area contributed by atoms with Gasteiger partial charge in [-0.2, -0.15) is 0 Å². The summed E-state index contributed by atoms with van der Waals surface area (Å²) in [5.41, 5.74) is 9.24. The number of hydrogen-bond acceptors (Lipinski definition) is 1. The highest BCUT2D eigenvalue weighted by Gasteiger charge is 2.31. The summed E-state index contributed by atoms with van der Waals surface area (Å²) in [6, 6.07) is 65.1. The van der Waals surface area contributed by atoms with Gasteiger partial charge in [0, 0.05) is 15.7 Å². The average molecular weight is 627 g/mol. The Morgan fingerprint density at radius 2 is 0.708 bits per heavy atom. The molecule has 10 rings (SSSR count). The highest BCUT2D eigenvalue weighted by Crippen LogP contribution is 2.53. The summed E-state index contributed by atoms with van der Waals surface area (Å²) in [6.07, 6.45) is 0. The van der Waals surface area contributed by atoms with Gasteiger partial charge in [-0.25, -0.2) is 0 Å². The third-order valence-corrected chi connectivity index (χ3v) is 11.3. The van der Waals surface area contributed by atoms with Crippen molar-refractivity contribution in [1.82, 2.24) is 0 Å². The van der Waals surface area contributed by atoms with Gasteiger partial charge < -0.3 is 0 Å². The van der Waals surface area contributed by atoms with Gasteiger partial charge in [-0.1, -0.05) is 176 Å². The van der Waals surface area contributed by atoms with Gasteiger partial charge in [-0.15, -0.1) is 0 Å². The number of rotatable bonds is 3. The lowest BCUT2D eigenvalue weighted by molar-refractivity contribution is 0.926. The molecule has 0 aliphatic carbocycles. The van der Waals surface area contributed by atoms with Crippen molar-refractivity contribution in [1.29, 1.82) is 0 Å². The molecule has 0 radical (unpaired) electrons. The van der Waals surface area contributed by atoms with Crippen LogP contribution in [0, 0.1) is 0 Å². The van der Waals surface area contributed by atoms with Gasteiger partial charge in [-0.05, 0) is 94.2 Å². The van der Waals surface area contributed by atoms with Crippen molar-refractivity contribution < 1.29 is 0 Å². The first-order chi connectivity index (χ1) is 23.8. The van der Waals surface area contributed by atoms with E-state index in [0.29, 0.717) is 0 Å². The maximum absolute atomic E-state index is 2.39. The smallest absolute Gasteiger partial charge is 0.0374 e. The van der Waals surface area contributed by atoms with Gasteiger partial charge >= 0.3 is 0 Å². The predicted molar refractivity (Wildman–Crippen MR) is 205 cm³/mol. The van der Waals surface area contributed by atoms with Crippen molar-refractivity contribution in [2.75, 3.05) is 0 Å². The first kappa shape index (κ1) is 27.5. The van der Waals surface area contributed by atoms with Gasteiger partial charge in [0.05, 0.1) is 0 Å². The van der Waals surface area contributed by atoms with Crippen LogP contribution in [-0.4, -0.2) is 0 Å². The van der Waals surface area contributed by atoms with Crippen LogP contribution in [0.5, 0.6) is 0 Å². The fourth-order valence-corrected chi connectivity index (χ4v) is 9.30. The molecule has 0 fully saturated rings. The zero-order valence-electron chi connectivity index (χ0n) is 26.2. The third-order valence-electron chi connectivity index (χ3n) is 10.2. The van der Waals surface area contributed by atoms with E-state index in [9.17, 15) is 0 Å². The molecule has 1 aliphatic rings. The molecule has 0 bridgehead atoms.